The first kappa shape index (κ1) is 31.8. The number of hydrogen-bond acceptors (Lipinski definition) is 3. The van der Waals surface area contributed by atoms with Crippen molar-refractivity contribution in [2.24, 2.45) is 22.7 Å². The molecule has 0 bridgehead atoms. The van der Waals surface area contributed by atoms with Gasteiger partial charge < -0.3 is 5.32 Å². The van der Waals surface area contributed by atoms with Crippen LogP contribution < -0.4 is 10.6 Å². The second-order valence-electron chi connectivity index (χ2n) is 17.3. The highest BCUT2D eigenvalue weighted by atomic mass is 15.3. The summed E-state index contributed by atoms with van der Waals surface area (Å²) in [5.41, 5.74) is 12.4. The van der Waals surface area contributed by atoms with Gasteiger partial charge in [0.25, 0.3) is 0 Å². The molecule has 3 heteroatoms. The number of fused-ring (bicyclic) bond motifs is 8. The van der Waals surface area contributed by atoms with E-state index >= 15 is 0 Å². The molecule has 0 radical (unpaired) electrons. The van der Waals surface area contributed by atoms with Gasteiger partial charge in [-0.3, -0.25) is 5.32 Å². The summed E-state index contributed by atoms with van der Waals surface area (Å²) in [6.07, 6.45) is 38.9. The minimum absolute atomic E-state index is 0.00761. The lowest BCUT2D eigenvalue weighted by molar-refractivity contribution is 0.232. The smallest absolute Gasteiger partial charge is 0.125 e. The highest BCUT2D eigenvalue weighted by Crippen LogP contribution is 2.63. The van der Waals surface area contributed by atoms with Crippen LogP contribution in [0.25, 0.3) is 5.57 Å². The number of nitrogens with one attached hydrogen (secondary N) is 2. The van der Waals surface area contributed by atoms with Crippen LogP contribution in [0.5, 0.6) is 0 Å². The molecule has 1 aliphatic heterocycles. The van der Waals surface area contributed by atoms with Gasteiger partial charge in [0.2, 0.25) is 0 Å². The van der Waals surface area contributed by atoms with E-state index in [2.05, 4.69) is 134 Å². The molecule has 10 rings (SSSR count). The van der Waals surface area contributed by atoms with E-state index in [-0.39, 0.29) is 17.7 Å². The van der Waals surface area contributed by atoms with Crippen LogP contribution in [-0.4, -0.2) is 18.2 Å². The number of benzene rings is 2. The molecule has 0 aromatic heterocycles. The third-order valence-electron chi connectivity index (χ3n) is 14.1. The zero-order valence-corrected chi connectivity index (χ0v) is 30.5. The Morgan fingerprint density at radius 3 is 2.57 bits per heavy atom. The van der Waals surface area contributed by atoms with Gasteiger partial charge in [-0.1, -0.05) is 142 Å². The number of aliphatic imine (C=N–C) groups is 1. The maximum Gasteiger partial charge on any atom is 0.125 e. The molecule has 7 unspecified atom stereocenters. The lowest BCUT2D eigenvalue weighted by Crippen LogP contribution is -2.59. The predicted octanol–water partition coefficient (Wildman–Crippen LogP) is 10.6. The molecule has 0 saturated heterocycles. The van der Waals surface area contributed by atoms with Crippen LogP contribution in [0.3, 0.4) is 0 Å². The Labute approximate surface area is 305 Å². The largest absolute Gasteiger partial charge is 0.357 e. The maximum atomic E-state index is 5.40. The average Bonchev–Trinajstić information content (AvgIpc) is 3.58. The van der Waals surface area contributed by atoms with Gasteiger partial charge in [-0.25, -0.2) is 4.99 Å². The van der Waals surface area contributed by atoms with Crippen molar-refractivity contribution < 1.29 is 0 Å². The average molecular weight is 672 g/mol. The van der Waals surface area contributed by atoms with Gasteiger partial charge in [0.1, 0.15) is 12.0 Å². The van der Waals surface area contributed by atoms with E-state index in [0.717, 1.165) is 12.8 Å². The van der Waals surface area contributed by atoms with E-state index < -0.39 is 0 Å². The number of amidine groups is 1. The zero-order valence-electron chi connectivity index (χ0n) is 30.5. The van der Waals surface area contributed by atoms with Crippen molar-refractivity contribution in [3.8, 4) is 0 Å². The highest BCUT2D eigenvalue weighted by Gasteiger charge is 2.54. The summed E-state index contributed by atoms with van der Waals surface area (Å²) in [5, 5.41) is 7.80. The summed E-state index contributed by atoms with van der Waals surface area (Å²) in [7, 11) is 0. The fourth-order valence-electron chi connectivity index (χ4n) is 11.4. The number of hydrogen-bond donors (Lipinski definition) is 2. The quantitative estimate of drug-likeness (QED) is 0.318. The number of rotatable bonds is 4. The van der Waals surface area contributed by atoms with Gasteiger partial charge in [0, 0.05) is 34.5 Å². The predicted molar refractivity (Wildman–Crippen MR) is 212 cm³/mol. The summed E-state index contributed by atoms with van der Waals surface area (Å²) in [6.45, 7) is 4.98. The van der Waals surface area contributed by atoms with Gasteiger partial charge in [0.15, 0.2) is 0 Å². The van der Waals surface area contributed by atoms with Crippen LogP contribution in [-0.2, 0) is 10.8 Å². The van der Waals surface area contributed by atoms with E-state index in [1.807, 2.05) is 0 Å². The third-order valence-corrected chi connectivity index (χ3v) is 14.1. The fraction of sp³-hybridized carbons (Fsp3) is 0.438. The molecular weight excluding hydrogens is 619 g/mol. The third kappa shape index (κ3) is 5.12. The zero-order chi connectivity index (χ0) is 34.2. The normalized spacial score (nSPS) is 33.6. The highest BCUT2D eigenvalue weighted by molar-refractivity contribution is 5.92. The molecule has 1 fully saturated rings. The second-order valence-corrected chi connectivity index (χ2v) is 17.3. The summed E-state index contributed by atoms with van der Waals surface area (Å²) >= 11 is 0. The Morgan fingerprint density at radius 2 is 1.73 bits per heavy atom. The molecule has 7 aliphatic carbocycles. The summed E-state index contributed by atoms with van der Waals surface area (Å²) < 4.78 is 0. The molecule has 1 saturated carbocycles. The second kappa shape index (κ2) is 12.3. The van der Waals surface area contributed by atoms with Crippen molar-refractivity contribution in [2.45, 2.75) is 113 Å². The van der Waals surface area contributed by atoms with E-state index in [0.29, 0.717) is 35.0 Å². The molecule has 260 valence electrons. The lowest BCUT2D eigenvalue weighted by atomic mass is 9.62. The fourth-order valence-corrected chi connectivity index (χ4v) is 11.4. The standard InChI is InChI=1S/C48H53N3/c1-47(2)41-28-34(23-24-37(41)38-29-39-36-21-10-11-22-40(36)48(25-12-5-13-26-48)43(39)30-42(38)47)33-19-14-20-35(27-33)46-50-44(31-15-6-3-7-16-31)49-45(51-46)32-17-8-4-9-18-32/h3,6-8,10-11,14-15,17,19-24,28-33,39,43-44,46,50H,4-5,9,12-13,16,18,25-27H2,1-2H3,(H,49,51). The van der Waals surface area contributed by atoms with Gasteiger partial charge in [-0.15, -0.1) is 0 Å². The molecular formula is C48H53N3. The number of nitrogens with zero attached hydrogens (tertiary/aromatic N) is 1. The van der Waals surface area contributed by atoms with Crippen molar-refractivity contribution in [2.75, 3.05) is 0 Å². The first-order valence-corrected chi connectivity index (χ1v) is 20.2. The van der Waals surface area contributed by atoms with Crippen LogP contribution in [0.2, 0.25) is 0 Å². The first-order chi connectivity index (χ1) is 25.0. The van der Waals surface area contributed by atoms with E-state index in [1.165, 1.54) is 85.0 Å². The molecule has 1 spiro atoms. The lowest BCUT2D eigenvalue weighted by Gasteiger charge is -2.42. The Morgan fingerprint density at radius 1 is 0.824 bits per heavy atom. The Kier molecular flexibility index (Phi) is 7.68. The monoisotopic (exact) mass is 671 g/mol. The topological polar surface area (TPSA) is 36.4 Å². The minimum Gasteiger partial charge on any atom is -0.357 e. The van der Waals surface area contributed by atoms with Crippen molar-refractivity contribution in [1.29, 1.82) is 0 Å². The minimum atomic E-state index is -0.0116. The molecule has 2 N–H and O–H groups in total. The number of allylic oxidation sites excluding steroid dienone is 11. The van der Waals surface area contributed by atoms with Crippen molar-refractivity contribution in [1.82, 2.24) is 10.6 Å². The molecule has 51 heavy (non-hydrogen) atoms. The summed E-state index contributed by atoms with van der Waals surface area (Å²) in [6, 6.07) is 17.0. The molecule has 3 nitrogen and oxygen atoms in total. The summed E-state index contributed by atoms with van der Waals surface area (Å²) in [5.74, 6) is 3.38. The Hall–Kier alpha value is -3.95. The maximum absolute atomic E-state index is 5.40. The van der Waals surface area contributed by atoms with E-state index in [4.69, 9.17) is 4.99 Å². The van der Waals surface area contributed by atoms with Gasteiger partial charge in [-0.05, 0) is 95.4 Å². The van der Waals surface area contributed by atoms with Crippen LogP contribution >= 0.6 is 0 Å². The molecule has 0 amide bonds. The summed E-state index contributed by atoms with van der Waals surface area (Å²) in [4.78, 5) is 5.40. The Balaban J connectivity index is 0.953. The SMILES string of the molecule is CC1(C)C2=CC3C(C=C2c2ccc(C4C=CC=C(C5N=C(C6C=CCCC6)NC(C6C=CC=CC6)N5)C4)cc21)c1ccccc1C31CCCCC1. The van der Waals surface area contributed by atoms with E-state index in [9.17, 15) is 0 Å². The van der Waals surface area contributed by atoms with Crippen molar-refractivity contribution in [3.63, 3.8) is 0 Å². The van der Waals surface area contributed by atoms with Crippen LogP contribution in [0.15, 0.2) is 125 Å². The molecule has 2 aromatic rings. The van der Waals surface area contributed by atoms with Crippen LogP contribution in [0.1, 0.15) is 118 Å². The Bertz CT molecular complexity index is 1990. The van der Waals surface area contributed by atoms with E-state index in [1.54, 1.807) is 16.7 Å². The van der Waals surface area contributed by atoms with Crippen LogP contribution in [0.4, 0.5) is 0 Å². The molecule has 7 atom stereocenters. The molecule has 2 aromatic carbocycles. The van der Waals surface area contributed by atoms with Gasteiger partial charge in [0.05, 0.1) is 6.17 Å². The van der Waals surface area contributed by atoms with Crippen LogP contribution in [0, 0.1) is 17.8 Å². The molecule has 8 aliphatic rings. The van der Waals surface area contributed by atoms with Gasteiger partial charge >= 0.3 is 0 Å². The van der Waals surface area contributed by atoms with Crippen molar-refractivity contribution in [3.05, 3.63) is 148 Å². The molecule has 1 heterocycles. The van der Waals surface area contributed by atoms with Gasteiger partial charge in [-0.2, -0.15) is 0 Å². The van der Waals surface area contributed by atoms with Crippen molar-refractivity contribution >= 4 is 11.4 Å². The first-order valence-electron chi connectivity index (χ1n) is 20.2.